The summed E-state index contributed by atoms with van der Waals surface area (Å²) in [4.78, 5) is 23.4. The van der Waals surface area contributed by atoms with Crippen molar-refractivity contribution in [2.45, 2.75) is 31.6 Å². The van der Waals surface area contributed by atoms with E-state index in [2.05, 4.69) is 61.1 Å². The summed E-state index contributed by atoms with van der Waals surface area (Å²) in [5, 5.41) is 8.96. The van der Waals surface area contributed by atoms with Gasteiger partial charge in [-0.1, -0.05) is 53.2 Å². The van der Waals surface area contributed by atoms with Crippen LogP contribution in [0.3, 0.4) is 0 Å². The van der Waals surface area contributed by atoms with Crippen LogP contribution in [-0.2, 0) is 20.5 Å². The van der Waals surface area contributed by atoms with E-state index >= 15 is 0 Å². The van der Waals surface area contributed by atoms with Crippen molar-refractivity contribution in [1.29, 1.82) is 0 Å². The highest BCUT2D eigenvalue weighted by molar-refractivity contribution is 8.44. The largest absolute Gasteiger partial charge is 0.492 e. The lowest BCUT2D eigenvalue weighted by Gasteiger charge is -2.16. The number of carbonyl (C=O) groups excluding carboxylic acids is 2. The summed E-state index contributed by atoms with van der Waals surface area (Å²) in [6.07, 6.45) is 0.337. The highest BCUT2D eigenvalue weighted by Crippen LogP contribution is 2.16. The number of nitrogens with one attached hydrogen (secondary N) is 3. The molecule has 0 aromatic heterocycles. The van der Waals surface area contributed by atoms with Crippen molar-refractivity contribution in [2.75, 3.05) is 19.7 Å². The molecule has 0 radical (unpaired) electrons. The molecule has 0 spiro atoms. The fourth-order valence-electron chi connectivity index (χ4n) is 1.80. The zero-order valence-electron chi connectivity index (χ0n) is 16.1. The fraction of sp³-hybridized carbons (Fsp3) is 0.500. The van der Waals surface area contributed by atoms with Crippen LogP contribution in [0.1, 0.15) is 19.4 Å². The van der Waals surface area contributed by atoms with E-state index in [0.29, 0.717) is 13.0 Å². The zero-order valence-corrected chi connectivity index (χ0v) is 21.6. The lowest BCUT2D eigenvalue weighted by molar-refractivity contribution is -0.138. The Bertz CT molecular complexity index is 567. The van der Waals surface area contributed by atoms with E-state index in [9.17, 15) is 9.59 Å². The molecule has 1 rings (SSSR count). The normalized spacial score (nSPS) is 11.2. The quantitative estimate of drug-likeness (QED) is 0.327. The van der Waals surface area contributed by atoms with Gasteiger partial charge in [-0.2, -0.15) is 0 Å². The van der Waals surface area contributed by atoms with Gasteiger partial charge in [-0.05, 0) is 17.7 Å². The van der Waals surface area contributed by atoms with E-state index in [1.807, 2.05) is 33.7 Å². The van der Waals surface area contributed by atoms with Gasteiger partial charge >= 0.3 is 5.97 Å². The van der Waals surface area contributed by atoms with E-state index < -0.39 is 12.0 Å². The van der Waals surface area contributed by atoms with Crippen molar-refractivity contribution < 1.29 is 18.8 Å². The molecule has 0 fully saturated rings. The Labute approximate surface area is 181 Å². The van der Waals surface area contributed by atoms with E-state index in [1.165, 1.54) is 0 Å². The van der Waals surface area contributed by atoms with E-state index in [4.69, 9.17) is 4.74 Å². The minimum absolute atomic E-state index is 0.0990. The fourth-order valence-corrected chi connectivity index (χ4v) is 2.27. The minimum atomic E-state index is -0.744. The van der Waals surface area contributed by atoms with Gasteiger partial charge in [0.05, 0.1) is 16.0 Å². The Morgan fingerprint density at radius 2 is 1.75 bits per heavy atom. The molecule has 1 amide bonds. The van der Waals surface area contributed by atoms with Gasteiger partial charge in [0.2, 0.25) is 5.91 Å². The van der Waals surface area contributed by atoms with Crippen LogP contribution in [0.15, 0.2) is 24.3 Å². The van der Waals surface area contributed by atoms with Crippen LogP contribution in [0.4, 0.5) is 0 Å². The second kappa shape index (κ2) is 17.8. The summed E-state index contributed by atoms with van der Waals surface area (Å²) in [5.74, 6) is -0.0559. The van der Waals surface area contributed by atoms with Crippen LogP contribution in [-0.4, -0.2) is 42.9 Å². The molecule has 5 atom stereocenters. The molecule has 28 heavy (non-hydrogen) atoms. The summed E-state index contributed by atoms with van der Waals surface area (Å²) in [7, 11) is 9.15. The molecule has 0 bridgehead atoms. The number of ether oxygens (including phenoxy) is 1. The minimum Gasteiger partial charge on any atom is -0.492 e. The van der Waals surface area contributed by atoms with Crippen molar-refractivity contribution in [1.82, 2.24) is 15.5 Å². The molecule has 0 aliphatic carbocycles. The van der Waals surface area contributed by atoms with Gasteiger partial charge in [0.25, 0.3) is 0 Å². The first kappa shape index (κ1) is 27.9. The van der Waals surface area contributed by atoms with Crippen LogP contribution < -0.4 is 20.2 Å². The molecule has 0 saturated carbocycles. The predicted octanol–water partition coefficient (Wildman–Crippen LogP) is 2.10. The molecule has 0 heterocycles. The van der Waals surface area contributed by atoms with Gasteiger partial charge in [-0.3, -0.25) is 15.0 Å². The Morgan fingerprint density at radius 3 is 2.21 bits per heavy atom. The second-order valence-electron chi connectivity index (χ2n) is 5.77. The van der Waals surface area contributed by atoms with Crippen molar-refractivity contribution in [3.8, 4) is 5.75 Å². The Hall–Kier alpha value is -0.0500. The summed E-state index contributed by atoms with van der Waals surface area (Å²) in [6, 6.07) is 6.62. The van der Waals surface area contributed by atoms with Gasteiger partial charge in [-0.15, -0.1) is 11.4 Å². The van der Waals surface area contributed by atoms with E-state index in [-0.39, 0.29) is 12.5 Å². The maximum absolute atomic E-state index is 11.8. The van der Waals surface area contributed by atoms with Crippen LogP contribution in [0, 0.1) is 0 Å². The zero-order chi connectivity index (χ0) is 21.4. The number of hydrogen-bond acceptors (Lipinski definition) is 7. The molecular weight excluding hydrogens is 454 g/mol. The smallest absolute Gasteiger partial charge is 0.331 e. The van der Waals surface area contributed by atoms with Crippen LogP contribution in [0.5, 0.6) is 5.75 Å². The lowest BCUT2D eigenvalue weighted by Crippen LogP contribution is -2.45. The number of amides is 1. The Kier molecular flexibility index (Phi) is 17.7. The molecule has 1 aromatic carbocycles. The number of carbonyl (C=O) groups is 2. The van der Waals surface area contributed by atoms with E-state index in [1.54, 1.807) is 11.4 Å². The molecule has 7 nitrogen and oxygen atoms in total. The molecular formula is C16H31N3O4P4S. The molecule has 0 aliphatic heterocycles. The molecule has 5 unspecified atom stereocenters. The van der Waals surface area contributed by atoms with Crippen molar-refractivity contribution in [3.63, 3.8) is 0 Å². The number of hydrogen-bond donors (Lipinski definition) is 3. The van der Waals surface area contributed by atoms with Crippen molar-refractivity contribution in [2.24, 2.45) is 0 Å². The molecule has 160 valence electrons. The third kappa shape index (κ3) is 14.0. The average molecular weight is 485 g/mol. The maximum Gasteiger partial charge on any atom is 0.331 e. The van der Waals surface area contributed by atoms with Gasteiger partial charge in [-0.25, -0.2) is 4.79 Å². The summed E-state index contributed by atoms with van der Waals surface area (Å²) in [6.45, 7) is 5.71. The van der Waals surface area contributed by atoms with Crippen molar-refractivity contribution in [3.05, 3.63) is 29.8 Å². The van der Waals surface area contributed by atoms with Gasteiger partial charge in [0.15, 0.2) is 0 Å². The summed E-state index contributed by atoms with van der Waals surface area (Å²) >= 11 is 1.80. The van der Waals surface area contributed by atoms with Crippen LogP contribution in [0.25, 0.3) is 0 Å². The topological polar surface area (TPSA) is 88.7 Å². The molecule has 12 heteroatoms. The van der Waals surface area contributed by atoms with Crippen molar-refractivity contribution >= 4 is 59.9 Å². The van der Waals surface area contributed by atoms with Gasteiger partial charge < -0.3 is 14.6 Å². The molecule has 0 aliphatic rings. The third-order valence-electron chi connectivity index (χ3n) is 3.15. The standard InChI is InChI=1S/C13H22N3O4P3.C3H9PS/c17-12(8-15-22)16-11(13(18)20-23)7-9-1-3-10(4-2-9)19-6-5-14-21;1-3(2)5-4/h1-4,11,14-15H,5-8,21-23H2,(H,16,17);3H,4H2,1-2H3. The first-order valence-corrected chi connectivity index (χ1v) is 12.5. The SMILES string of the molecule is CC(C)SP.O=C(CNP)NC(Cc1ccc(OCCNP)cc1)C(=O)OP. The monoisotopic (exact) mass is 485 g/mol. The second-order valence-corrected chi connectivity index (χ2v) is 8.86. The molecule has 3 N–H and O–H groups in total. The average Bonchev–Trinajstić information content (AvgIpc) is 2.69. The summed E-state index contributed by atoms with van der Waals surface area (Å²) < 4.78 is 10.2. The predicted molar refractivity (Wildman–Crippen MR) is 131 cm³/mol. The highest BCUT2D eigenvalue weighted by atomic mass is 32.7. The Morgan fingerprint density at radius 1 is 1.14 bits per heavy atom. The first-order valence-electron chi connectivity index (χ1n) is 8.52. The van der Waals surface area contributed by atoms with Gasteiger partial charge in [0, 0.05) is 18.2 Å². The third-order valence-corrected chi connectivity index (χ3v) is 6.05. The first-order chi connectivity index (χ1) is 13.4. The van der Waals surface area contributed by atoms with E-state index in [0.717, 1.165) is 23.1 Å². The van der Waals surface area contributed by atoms with Crippen LogP contribution >= 0.6 is 48.1 Å². The lowest BCUT2D eigenvalue weighted by atomic mass is 10.1. The highest BCUT2D eigenvalue weighted by Gasteiger charge is 2.21. The maximum atomic E-state index is 11.8. The number of benzene rings is 1. The summed E-state index contributed by atoms with van der Waals surface area (Å²) in [5.41, 5.74) is 0.890. The molecule has 1 aromatic rings. The Balaban J connectivity index is 0.00000129. The molecule has 0 saturated heterocycles. The number of rotatable bonds is 11. The van der Waals surface area contributed by atoms with Crippen LogP contribution in [0.2, 0.25) is 0 Å². The van der Waals surface area contributed by atoms with Gasteiger partial charge in [0.1, 0.15) is 18.4 Å².